The number of hydrogen-bond acceptors (Lipinski definition) is 2. The van der Waals surface area contributed by atoms with Gasteiger partial charge < -0.3 is 0 Å². The quantitative estimate of drug-likeness (QED) is 0.844. The van der Waals surface area contributed by atoms with Gasteiger partial charge in [-0.2, -0.15) is 10.4 Å². The summed E-state index contributed by atoms with van der Waals surface area (Å²) in [7, 11) is 0. The second-order valence-corrected chi connectivity index (χ2v) is 4.58. The molecule has 0 fully saturated rings. The molecule has 1 aromatic heterocycles. The first kappa shape index (κ1) is 12.7. The molecule has 0 aliphatic heterocycles. The molecule has 0 N–H and O–H groups in total. The van der Waals surface area contributed by atoms with Crippen LogP contribution in [0.15, 0.2) is 24.3 Å². The van der Waals surface area contributed by atoms with E-state index in [1.807, 2.05) is 31.2 Å². The lowest BCUT2D eigenvalue weighted by atomic mass is 10.2. The molecular weight excluding hydrogens is 246 g/mol. The molecule has 0 spiro atoms. The summed E-state index contributed by atoms with van der Waals surface area (Å²) < 4.78 is 1.63. The second-order valence-electron chi connectivity index (χ2n) is 4.22. The second kappa shape index (κ2) is 5.24. The van der Waals surface area contributed by atoms with Gasteiger partial charge >= 0.3 is 0 Å². The zero-order valence-corrected chi connectivity index (χ0v) is 11.2. The monoisotopic (exact) mass is 259 g/mol. The molecule has 3 nitrogen and oxygen atoms in total. The standard InChI is InChI=1S/C14H14ClN3/c1-3-4-13-12(9-16)14(15)18(17-13)11-7-5-10(2)6-8-11/h5-8H,3-4H2,1-2H3. The first-order chi connectivity index (χ1) is 8.67. The number of aryl methyl sites for hydroxylation is 2. The van der Waals surface area contributed by atoms with Gasteiger partial charge in [0.25, 0.3) is 0 Å². The lowest BCUT2D eigenvalue weighted by Crippen LogP contribution is -1.97. The van der Waals surface area contributed by atoms with Gasteiger partial charge in [-0.15, -0.1) is 0 Å². The summed E-state index contributed by atoms with van der Waals surface area (Å²) in [6, 6.07) is 10.0. The minimum Gasteiger partial charge on any atom is -0.221 e. The van der Waals surface area contributed by atoms with Crippen LogP contribution in [0.4, 0.5) is 0 Å². The number of hydrogen-bond donors (Lipinski definition) is 0. The molecule has 18 heavy (non-hydrogen) atoms. The molecule has 0 aliphatic rings. The van der Waals surface area contributed by atoms with Crippen LogP contribution in [0.2, 0.25) is 5.15 Å². The van der Waals surface area contributed by atoms with Gasteiger partial charge in [0, 0.05) is 0 Å². The largest absolute Gasteiger partial charge is 0.221 e. The molecule has 1 aromatic carbocycles. The van der Waals surface area contributed by atoms with Crippen molar-refractivity contribution in [1.82, 2.24) is 9.78 Å². The molecule has 0 bridgehead atoms. The number of nitriles is 1. The number of halogens is 1. The van der Waals surface area contributed by atoms with Crippen molar-refractivity contribution >= 4 is 11.6 Å². The van der Waals surface area contributed by atoms with Crippen LogP contribution < -0.4 is 0 Å². The normalized spacial score (nSPS) is 10.3. The van der Waals surface area contributed by atoms with Gasteiger partial charge in [0.2, 0.25) is 0 Å². The zero-order chi connectivity index (χ0) is 13.1. The first-order valence-electron chi connectivity index (χ1n) is 5.92. The molecule has 4 heteroatoms. The Bertz CT molecular complexity index is 591. The maximum absolute atomic E-state index is 9.14. The lowest BCUT2D eigenvalue weighted by molar-refractivity contribution is 0.806. The number of nitrogens with zero attached hydrogens (tertiary/aromatic N) is 3. The van der Waals surface area contributed by atoms with Crippen LogP contribution in [0.25, 0.3) is 5.69 Å². The Labute approximate surface area is 112 Å². The van der Waals surface area contributed by atoms with E-state index in [2.05, 4.69) is 18.1 Å². The van der Waals surface area contributed by atoms with Crippen molar-refractivity contribution in [1.29, 1.82) is 5.26 Å². The summed E-state index contributed by atoms with van der Waals surface area (Å²) in [5.74, 6) is 0. The summed E-state index contributed by atoms with van der Waals surface area (Å²) in [5, 5.41) is 14.0. The van der Waals surface area contributed by atoms with Crippen LogP contribution in [-0.2, 0) is 6.42 Å². The van der Waals surface area contributed by atoms with Crippen molar-refractivity contribution in [2.45, 2.75) is 26.7 Å². The fraction of sp³-hybridized carbons (Fsp3) is 0.286. The predicted octanol–water partition coefficient (Wildman–Crippen LogP) is 3.66. The molecule has 0 saturated heterocycles. The Morgan fingerprint density at radius 3 is 2.56 bits per heavy atom. The first-order valence-corrected chi connectivity index (χ1v) is 6.29. The third-order valence-electron chi connectivity index (χ3n) is 2.78. The van der Waals surface area contributed by atoms with Crippen molar-refractivity contribution in [3.05, 3.63) is 46.2 Å². The fourth-order valence-electron chi connectivity index (χ4n) is 1.82. The maximum Gasteiger partial charge on any atom is 0.150 e. The molecule has 2 rings (SSSR count). The van der Waals surface area contributed by atoms with E-state index in [1.54, 1.807) is 4.68 Å². The Morgan fingerprint density at radius 2 is 2.00 bits per heavy atom. The summed E-state index contributed by atoms with van der Waals surface area (Å²) in [5.41, 5.74) is 3.31. The molecule has 0 radical (unpaired) electrons. The van der Waals surface area contributed by atoms with Gasteiger partial charge in [0.15, 0.2) is 5.15 Å². The average molecular weight is 260 g/mol. The van der Waals surface area contributed by atoms with Crippen LogP contribution in [0.1, 0.15) is 30.2 Å². The highest BCUT2D eigenvalue weighted by molar-refractivity contribution is 6.31. The third-order valence-corrected chi connectivity index (χ3v) is 3.13. The molecule has 0 atom stereocenters. The minimum atomic E-state index is 0.393. The minimum absolute atomic E-state index is 0.393. The van der Waals surface area contributed by atoms with Gasteiger partial charge in [0.05, 0.1) is 11.4 Å². The molecule has 0 aliphatic carbocycles. The van der Waals surface area contributed by atoms with Gasteiger partial charge in [0.1, 0.15) is 11.6 Å². The Hall–Kier alpha value is -1.79. The summed E-state index contributed by atoms with van der Waals surface area (Å²) in [6.45, 7) is 4.08. The van der Waals surface area contributed by atoms with Crippen molar-refractivity contribution in [2.75, 3.05) is 0 Å². The van der Waals surface area contributed by atoms with Crippen LogP contribution in [0.5, 0.6) is 0 Å². The number of benzene rings is 1. The zero-order valence-electron chi connectivity index (χ0n) is 10.4. The topological polar surface area (TPSA) is 41.6 Å². The lowest BCUT2D eigenvalue weighted by Gasteiger charge is -2.02. The van der Waals surface area contributed by atoms with Crippen LogP contribution in [0, 0.1) is 18.3 Å². The van der Waals surface area contributed by atoms with Crippen LogP contribution in [0.3, 0.4) is 0 Å². The highest BCUT2D eigenvalue weighted by Crippen LogP contribution is 2.24. The van der Waals surface area contributed by atoms with E-state index in [4.69, 9.17) is 16.9 Å². The Kier molecular flexibility index (Phi) is 3.69. The highest BCUT2D eigenvalue weighted by Gasteiger charge is 2.16. The molecule has 1 heterocycles. The molecule has 0 unspecified atom stereocenters. The van der Waals surface area contributed by atoms with Gasteiger partial charge in [-0.3, -0.25) is 0 Å². The molecule has 0 amide bonds. The molecular formula is C14H14ClN3. The van der Waals surface area contributed by atoms with Gasteiger partial charge in [-0.1, -0.05) is 42.6 Å². The number of rotatable bonds is 3. The predicted molar refractivity (Wildman–Crippen MR) is 72.0 cm³/mol. The summed E-state index contributed by atoms with van der Waals surface area (Å²) >= 11 is 6.22. The van der Waals surface area contributed by atoms with Crippen molar-refractivity contribution in [3.63, 3.8) is 0 Å². The van der Waals surface area contributed by atoms with Crippen molar-refractivity contribution in [3.8, 4) is 11.8 Å². The van der Waals surface area contributed by atoms with Crippen molar-refractivity contribution in [2.24, 2.45) is 0 Å². The van der Waals surface area contributed by atoms with E-state index in [0.29, 0.717) is 10.7 Å². The van der Waals surface area contributed by atoms with Crippen molar-refractivity contribution < 1.29 is 0 Å². The van der Waals surface area contributed by atoms with E-state index >= 15 is 0 Å². The third kappa shape index (κ3) is 2.25. The van der Waals surface area contributed by atoms with E-state index in [1.165, 1.54) is 5.56 Å². The van der Waals surface area contributed by atoms with E-state index < -0.39 is 0 Å². The Balaban J connectivity index is 2.52. The molecule has 92 valence electrons. The van der Waals surface area contributed by atoms with Gasteiger partial charge in [-0.25, -0.2) is 4.68 Å². The average Bonchev–Trinajstić information content (AvgIpc) is 2.67. The molecule has 2 aromatic rings. The summed E-state index contributed by atoms with van der Waals surface area (Å²) in [4.78, 5) is 0. The van der Waals surface area contributed by atoms with Crippen LogP contribution in [-0.4, -0.2) is 9.78 Å². The SMILES string of the molecule is CCCc1nn(-c2ccc(C)cc2)c(Cl)c1C#N. The van der Waals surface area contributed by atoms with E-state index in [0.717, 1.165) is 24.2 Å². The Morgan fingerprint density at radius 1 is 1.33 bits per heavy atom. The number of aromatic nitrogens is 2. The maximum atomic E-state index is 9.14. The van der Waals surface area contributed by atoms with Gasteiger partial charge in [-0.05, 0) is 25.5 Å². The summed E-state index contributed by atoms with van der Waals surface area (Å²) in [6.07, 6.45) is 1.71. The fourth-order valence-corrected chi connectivity index (χ4v) is 2.11. The highest BCUT2D eigenvalue weighted by atomic mass is 35.5. The van der Waals surface area contributed by atoms with Crippen LogP contribution >= 0.6 is 11.6 Å². The smallest absolute Gasteiger partial charge is 0.150 e. The van der Waals surface area contributed by atoms with E-state index in [9.17, 15) is 0 Å². The van der Waals surface area contributed by atoms with E-state index in [-0.39, 0.29) is 0 Å². The molecule has 0 saturated carbocycles.